The summed E-state index contributed by atoms with van der Waals surface area (Å²) in [6, 6.07) is 16.5. The predicted octanol–water partition coefficient (Wildman–Crippen LogP) is 7.14. The largest absolute Gasteiger partial charge is 0.316 e. The van der Waals surface area contributed by atoms with Gasteiger partial charge in [-0.1, -0.05) is 0 Å². The van der Waals surface area contributed by atoms with Gasteiger partial charge in [-0.2, -0.15) is 0 Å². The number of hydrogen-bond acceptors (Lipinski definition) is 2. The molecule has 0 fully saturated rings. The molecule has 0 amide bonds. The summed E-state index contributed by atoms with van der Waals surface area (Å²) in [5, 5.41) is 2.01. The van der Waals surface area contributed by atoms with Crippen LogP contribution in [0.25, 0.3) is 42.9 Å². The fourth-order valence-corrected chi connectivity index (χ4v) is 5.24. The average Bonchev–Trinajstić information content (AvgIpc) is 3.51. The molecule has 0 aliphatic rings. The monoisotopic (exact) mass is 604 g/mol. The van der Waals surface area contributed by atoms with Crippen molar-refractivity contribution in [2.45, 2.75) is 13.8 Å². The Bertz CT molecular complexity index is 2180. The maximum Gasteiger partial charge on any atom is 0.250 e. The average molecular weight is 605 g/mol. The zero-order valence-corrected chi connectivity index (χ0v) is 24.5. The molecule has 2 aromatic carbocycles. The van der Waals surface area contributed by atoms with Crippen LogP contribution in [0.2, 0.25) is 0 Å². The van der Waals surface area contributed by atoms with Crippen LogP contribution in [-0.4, -0.2) is 18.3 Å². The van der Waals surface area contributed by atoms with Gasteiger partial charge in [-0.05, 0) is 88.8 Å². The molecule has 6 aromatic rings. The van der Waals surface area contributed by atoms with E-state index in [9.17, 15) is 9.59 Å². The molecular weight excluding hydrogens is 580 g/mol. The van der Waals surface area contributed by atoms with Crippen molar-refractivity contribution in [1.82, 2.24) is 18.3 Å². The molecule has 0 aliphatic heterocycles. The highest BCUT2D eigenvalue weighted by Gasteiger charge is 2.12. The number of halogens is 1. The van der Waals surface area contributed by atoms with Crippen LogP contribution in [0, 0.1) is 27.0 Å². The lowest BCUT2D eigenvalue weighted by Gasteiger charge is -2.08. The van der Waals surface area contributed by atoms with Gasteiger partial charge in [0.25, 0.3) is 0 Å². The van der Waals surface area contributed by atoms with Crippen LogP contribution in [-0.2, 0) is 14.1 Å². The molecule has 41 heavy (non-hydrogen) atoms. The topological polar surface area (TPSA) is 62.6 Å². The second-order valence-electron chi connectivity index (χ2n) is 9.78. The van der Waals surface area contributed by atoms with Crippen molar-refractivity contribution in [2.24, 2.45) is 14.1 Å². The number of aryl methyl sites for hydroxylation is 4. The van der Waals surface area contributed by atoms with Crippen LogP contribution < -0.4 is 11.1 Å². The van der Waals surface area contributed by atoms with E-state index in [4.69, 9.17) is 13.1 Å². The highest BCUT2D eigenvalue weighted by atomic mass is 79.9. The molecule has 0 saturated heterocycles. The summed E-state index contributed by atoms with van der Waals surface area (Å²) in [5.41, 5.74) is 7.03. The maximum atomic E-state index is 11.5. The van der Waals surface area contributed by atoms with Crippen LogP contribution in [0.1, 0.15) is 11.1 Å². The molecule has 202 valence electrons. The molecule has 0 unspecified atom stereocenters. The van der Waals surface area contributed by atoms with Crippen LogP contribution in [0.15, 0.2) is 93.4 Å². The van der Waals surface area contributed by atoms with Crippen LogP contribution in [0.3, 0.4) is 0 Å². The van der Waals surface area contributed by atoms with Crippen molar-refractivity contribution in [3.05, 3.63) is 139 Å². The summed E-state index contributed by atoms with van der Waals surface area (Å²) in [7, 11) is 3.47. The van der Waals surface area contributed by atoms with Crippen molar-refractivity contribution in [3.63, 3.8) is 0 Å². The zero-order chi connectivity index (χ0) is 29.4. The minimum Gasteiger partial charge on any atom is -0.316 e. The molecule has 6 rings (SSSR count). The second-order valence-corrected chi connectivity index (χ2v) is 10.6. The van der Waals surface area contributed by atoms with E-state index in [2.05, 4.69) is 25.6 Å². The van der Waals surface area contributed by atoms with Gasteiger partial charge in [-0.25, -0.2) is 9.69 Å². The molecule has 0 radical (unpaired) electrons. The van der Waals surface area contributed by atoms with Crippen molar-refractivity contribution < 1.29 is 0 Å². The fraction of sp³-hybridized carbons (Fsp3) is 0.125. The molecule has 4 aromatic heterocycles. The second kappa shape index (κ2) is 10.8. The van der Waals surface area contributed by atoms with Gasteiger partial charge < -0.3 is 18.3 Å². The fourth-order valence-electron chi connectivity index (χ4n) is 4.72. The summed E-state index contributed by atoms with van der Waals surface area (Å²) < 4.78 is 8.07. The molecule has 0 spiro atoms. The molecular formula is C32H25BrN6O2. The Hall–Kier alpha value is -5.12. The number of benzene rings is 2. The summed E-state index contributed by atoms with van der Waals surface area (Å²) in [6.07, 6.45) is 7.52. The van der Waals surface area contributed by atoms with Crippen molar-refractivity contribution >= 4 is 49.1 Å². The SMILES string of the molecule is [C-]#[N+]c1cc2c(Br)cn(-c3ccc(=O)n(C)c3)c2cc1C.[C-]#[N+]c1cc2ccn(-c3ccc(=O)n(C)c3)c2cc1C. The lowest BCUT2D eigenvalue weighted by atomic mass is 10.1. The quantitative estimate of drug-likeness (QED) is 0.197. The van der Waals surface area contributed by atoms with Gasteiger partial charge in [-0.3, -0.25) is 9.59 Å². The molecule has 0 aliphatic carbocycles. The Morgan fingerprint density at radius 3 is 1.78 bits per heavy atom. The zero-order valence-electron chi connectivity index (χ0n) is 22.9. The minimum atomic E-state index is -0.0410. The van der Waals surface area contributed by atoms with E-state index < -0.39 is 0 Å². The van der Waals surface area contributed by atoms with Gasteiger partial charge in [0.05, 0.1) is 35.6 Å². The smallest absolute Gasteiger partial charge is 0.250 e. The summed E-state index contributed by atoms with van der Waals surface area (Å²) in [4.78, 5) is 30.0. The van der Waals surface area contributed by atoms with Gasteiger partial charge in [0, 0.05) is 60.9 Å². The van der Waals surface area contributed by atoms with E-state index in [1.54, 1.807) is 59.9 Å². The molecule has 4 heterocycles. The highest BCUT2D eigenvalue weighted by molar-refractivity contribution is 9.10. The first-order chi connectivity index (χ1) is 19.6. The third-order valence-electron chi connectivity index (χ3n) is 7.02. The number of nitrogens with zero attached hydrogens (tertiary/aromatic N) is 6. The van der Waals surface area contributed by atoms with Gasteiger partial charge in [-0.15, -0.1) is 0 Å². The van der Waals surface area contributed by atoms with E-state index in [1.165, 1.54) is 0 Å². The lowest BCUT2D eigenvalue weighted by Crippen LogP contribution is -2.15. The third kappa shape index (κ3) is 5.11. The van der Waals surface area contributed by atoms with Crippen molar-refractivity contribution in [2.75, 3.05) is 0 Å². The molecule has 0 bridgehead atoms. The van der Waals surface area contributed by atoms with Gasteiger partial charge >= 0.3 is 0 Å². The number of rotatable bonds is 2. The van der Waals surface area contributed by atoms with E-state index >= 15 is 0 Å². The Balaban J connectivity index is 0.000000165. The highest BCUT2D eigenvalue weighted by Crippen LogP contribution is 2.34. The van der Waals surface area contributed by atoms with E-state index in [0.29, 0.717) is 11.4 Å². The molecule has 0 N–H and O–H groups in total. The molecule has 0 atom stereocenters. The minimum absolute atomic E-state index is 0.0308. The number of fused-ring (bicyclic) bond motifs is 2. The first kappa shape index (κ1) is 27.4. The third-order valence-corrected chi connectivity index (χ3v) is 7.65. The molecule has 8 nitrogen and oxygen atoms in total. The Morgan fingerprint density at radius 2 is 1.22 bits per heavy atom. The van der Waals surface area contributed by atoms with Gasteiger partial charge in [0.1, 0.15) is 0 Å². The first-order valence-electron chi connectivity index (χ1n) is 12.6. The Kier molecular flexibility index (Phi) is 7.23. The summed E-state index contributed by atoms with van der Waals surface area (Å²) in [5.74, 6) is 0. The molecule has 0 saturated carbocycles. The van der Waals surface area contributed by atoms with Crippen LogP contribution >= 0.6 is 15.9 Å². The van der Waals surface area contributed by atoms with E-state index in [0.717, 1.165) is 48.8 Å². The summed E-state index contributed by atoms with van der Waals surface area (Å²) in [6.45, 7) is 18.2. The maximum absolute atomic E-state index is 11.5. The van der Waals surface area contributed by atoms with Crippen molar-refractivity contribution in [1.29, 1.82) is 0 Å². The van der Waals surface area contributed by atoms with Crippen LogP contribution in [0.5, 0.6) is 0 Å². The number of aromatic nitrogens is 4. The van der Waals surface area contributed by atoms with E-state index in [1.807, 2.05) is 65.7 Å². The summed E-state index contributed by atoms with van der Waals surface area (Å²) >= 11 is 3.54. The lowest BCUT2D eigenvalue weighted by molar-refractivity contribution is 0.847. The van der Waals surface area contributed by atoms with Crippen LogP contribution in [0.4, 0.5) is 11.4 Å². The van der Waals surface area contributed by atoms with Gasteiger partial charge in [0.2, 0.25) is 11.1 Å². The number of pyridine rings is 2. The Labute approximate surface area is 244 Å². The number of hydrogen-bond donors (Lipinski definition) is 0. The Morgan fingerprint density at radius 1 is 0.683 bits per heavy atom. The standard InChI is InChI=1S/C16H12BrN3O.C16H13N3O/c1-10-6-15-12(7-14(10)18-2)13(17)9-20(15)11-4-5-16(21)19(3)8-11;1-11-8-15-12(9-14(11)17-2)6-7-19(15)13-4-5-16(20)18(3)10-13/h4-9H,1,3H3;4-10H,1,3H3. The van der Waals surface area contributed by atoms with Crippen molar-refractivity contribution in [3.8, 4) is 11.4 Å². The predicted molar refractivity (Wildman–Crippen MR) is 167 cm³/mol. The normalized spacial score (nSPS) is 10.7. The van der Waals surface area contributed by atoms with E-state index in [-0.39, 0.29) is 11.1 Å². The van der Waals surface area contributed by atoms with Gasteiger partial charge in [0.15, 0.2) is 11.4 Å². The molecule has 9 heteroatoms. The first-order valence-corrected chi connectivity index (χ1v) is 13.4.